The molecule has 2 rings (SSSR count). The molecule has 0 amide bonds. The molecule has 1 heteroatoms. The highest BCUT2D eigenvalue weighted by Crippen LogP contribution is 2.50. The van der Waals surface area contributed by atoms with E-state index in [1.807, 2.05) is 6.08 Å². The van der Waals surface area contributed by atoms with Gasteiger partial charge in [0.25, 0.3) is 0 Å². The van der Waals surface area contributed by atoms with E-state index in [9.17, 15) is 4.79 Å². The maximum Gasteiger partial charge on any atom is 0.130 e. The summed E-state index contributed by atoms with van der Waals surface area (Å²) >= 11 is 0. The molecular weight excluding hydrogens is 184 g/mol. The Morgan fingerprint density at radius 2 is 2.13 bits per heavy atom. The first-order chi connectivity index (χ1) is 7.06. The predicted octanol–water partition coefficient (Wildman–Crippen LogP) is 3.37. The zero-order chi connectivity index (χ0) is 11.1. The molecule has 0 radical (unpaired) electrons. The molecule has 82 valence electrons. The molecule has 0 saturated heterocycles. The summed E-state index contributed by atoms with van der Waals surface area (Å²) in [5, 5.41) is 0. The molecule has 0 aromatic rings. The van der Waals surface area contributed by atoms with Gasteiger partial charge in [-0.3, -0.25) is 0 Å². The summed E-state index contributed by atoms with van der Waals surface area (Å²) in [5.74, 6) is 1.23. The molecule has 2 atom stereocenters. The Morgan fingerprint density at radius 1 is 1.47 bits per heavy atom. The molecule has 0 bridgehead atoms. The van der Waals surface area contributed by atoms with Gasteiger partial charge in [0.05, 0.1) is 5.92 Å². The molecule has 2 unspecified atom stereocenters. The highest BCUT2D eigenvalue weighted by atomic mass is 16.1. The van der Waals surface area contributed by atoms with Crippen LogP contribution in [0.1, 0.15) is 33.1 Å². The molecule has 1 fully saturated rings. The largest absolute Gasteiger partial charge is 0.302 e. The van der Waals surface area contributed by atoms with Gasteiger partial charge in [0.15, 0.2) is 0 Å². The number of carbonyl (C=O) groups excluding carboxylic acids is 1. The Bertz CT molecular complexity index is 307. The summed E-state index contributed by atoms with van der Waals surface area (Å²) in [4.78, 5) is 10.9. The van der Waals surface area contributed by atoms with Crippen molar-refractivity contribution < 1.29 is 4.79 Å². The van der Waals surface area contributed by atoms with E-state index in [1.54, 1.807) is 0 Å². The smallest absolute Gasteiger partial charge is 0.130 e. The van der Waals surface area contributed by atoms with E-state index in [1.165, 1.54) is 19.3 Å². The summed E-state index contributed by atoms with van der Waals surface area (Å²) in [5.41, 5.74) is 1.32. The van der Waals surface area contributed by atoms with Crippen molar-refractivity contribution in [3.05, 3.63) is 24.3 Å². The van der Waals surface area contributed by atoms with Gasteiger partial charge < -0.3 is 4.79 Å². The first-order valence-corrected chi connectivity index (χ1v) is 5.89. The number of allylic oxidation sites excluding steroid dienone is 3. The van der Waals surface area contributed by atoms with E-state index < -0.39 is 0 Å². The van der Waals surface area contributed by atoms with Crippen molar-refractivity contribution >= 4 is 6.29 Å². The van der Waals surface area contributed by atoms with Gasteiger partial charge in [0.1, 0.15) is 6.29 Å². The van der Waals surface area contributed by atoms with Crippen molar-refractivity contribution in [2.24, 2.45) is 23.2 Å². The standard InChI is InChI=1S/C14H20O/c1-10-12(9-15)7-8-14(2,3)13(10)11-5-4-6-11/h7-9,11-13H,1,4-6H2,2-3H3. The van der Waals surface area contributed by atoms with Crippen LogP contribution in [0.5, 0.6) is 0 Å². The lowest BCUT2D eigenvalue weighted by Crippen LogP contribution is -2.38. The molecule has 2 aliphatic rings. The highest BCUT2D eigenvalue weighted by molar-refractivity contribution is 5.63. The van der Waals surface area contributed by atoms with Gasteiger partial charge in [-0.15, -0.1) is 0 Å². The van der Waals surface area contributed by atoms with Crippen molar-refractivity contribution in [1.82, 2.24) is 0 Å². The topological polar surface area (TPSA) is 17.1 Å². The minimum absolute atomic E-state index is 0.0383. The Kier molecular flexibility index (Phi) is 2.57. The van der Waals surface area contributed by atoms with Gasteiger partial charge >= 0.3 is 0 Å². The summed E-state index contributed by atoms with van der Waals surface area (Å²) in [6, 6.07) is 0. The third-order valence-corrected chi connectivity index (χ3v) is 4.13. The lowest BCUT2D eigenvalue weighted by atomic mass is 9.58. The van der Waals surface area contributed by atoms with Crippen molar-refractivity contribution in [3.8, 4) is 0 Å². The SMILES string of the molecule is C=C1C(C=O)C=CC(C)(C)C1C1CCC1. The second-order valence-electron chi connectivity index (χ2n) is 5.59. The number of carbonyl (C=O) groups is 1. The molecule has 0 aliphatic heterocycles. The molecular formula is C14H20O. The fraction of sp³-hybridized carbons (Fsp3) is 0.643. The first kappa shape index (κ1) is 10.7. The van der Waals surface area contributed by atoms with Gasteiger partial charge in [0, 0.05) is 0 Å². The second-order valence-corrected chi connectivity index (χ2v) is 5.59. The highest BCUT2D eigenvalue weighted by Gasteiger charge is 2.42. The number of aldehydes is 1. The van der Waals surface area contributed by atoms with E-state index in [-0.39, 0.29) is 11.3 Å². The van der Waals surface area contributed by atoms with Crippen LogP contribution in [0.15, 0.2) is 24.3 Å². The molecule has 0 aromatic carbocycles. The van der Waals surface area contributed by atoms with Crippen LogP contribution < -0.4 is 0 Å². The first-order valence-electron chi connectivity index (χ1n) is 5.89. The normalized spacial score (nSPS) is 34.9. The molecule has 0 heterocycles. The van der Waals surface area contributed by atoms with Crippen LogP contribution in [0.3, 0.4) is 0 Å². The monoisotopic (exact) mass is 204 g/mol. The summed E-state index contributed by atoms with van der Waals surface area (Å²) in [6.07, 6.45) is 9.23. The van der Waals surface area contributed by atoms with Crippen LogP contribution in [-0.2, 0) is 4.79 Å². The lowest BCUT2D eigenvalue weighted by Gasteiger charge is -2.46. The Labute approximate surface area is 92.3 Å². The second kappa shape index (κ2) is 3.62. The summed E-state index contributed by atoms with van der Waals surface area (Å²) in [7, 11) is 0. The average Bonchev–Trinajstić information content (AvgIpc) is 2.09. The quantitative estimate of drug-likeness (QED) is 0.498. The van der Waals surface area contributed by atoms with Crippen LogP contribution in [0.2, 0.25) is 0 Å². The zero-order valence-electron chi connectivity index (χ0n) is 9.70. The van der Waals surface area contributed by atoms with E-state index in [2.05, 4.69) is 26.5 Å². The van der Waals surface area contributed by atoms with Crippen LogP contribution in [0.25, 0.3) is 0 Å². The minimum Gasteiger partial charge on any atom is -0.302 e. The molecule has 2 aliphatic carbocycles. The number of rotatable bonds is 2. The number of hydrogen-bond donors (Lipinski definition) is 0. The third kappa shape index (κ3) is 1.68. The van der Waals surface area contributed by atoms with E-state index in [4.69, 9.17) is 0 Å². The molecule has 1 nitrogen and oxygen atoms in total. The molecule has 1 saturated carbocycles. The lowest BCUT2D eigenvalue weighted by molar-refractivity contribution is -0.109. The Morgan fingerprint density at radius 3 is 2.60 bits per heavy atom. The summed E-state index contributed by atoms with van der Waals surface area (Å²) < 4.78 is 0. The predicted molar refractivity (Wildman–Crippen MR) is 62.4 cm³/mol. The Balaban J connectivity index is 2.28. The van der Waals surface area contributed by atoms with Crippen molar-refractivity contribution in [3.63, 3.8) is 0 Å². The van der Waals surface area contributed by atoms with Gasteiger partial charge in [-0.05, 0) is 30.1 Å². The molecule has 0 N–H and O–H groups in total. The number of hydrogen-bond acceptors (Lipinski definition) is 1. The van der Waals surface area contributed by atoms with Crippen LogP contribution >= 0.6 is 0 Å². The summed E-state index contributed by atoms with van der Waals surface area (Å²) in [6.45, 7) is 8.69. The molecule has 0 aromatic heterocycles. The average molecular weight is 204 g/mol. The van der Waals surface area contributed by atoms with E-state index >= 15 is 0 Å². The van der Waals surface area contributed by atoms with Gasteiger partial charge in [-0.1, -0.05) is 44.6 Å². The minimum atomic E-state index is -0.0383. The van der Waals surface area contributed by atoms with Crippen LogP contribution in [0.4, 0.5) is 0 Å². The van der Waals surface area contributed by atoms with Crippen molar-refractivity contribution in [2.45, 2.75) is 33.1 Å². The Hall–Kier alpha value is -0.850. The van der Waals surface area contributed by atoms with E-state index in [0.29, 0.717) is 5.92 Å². The van der Waals surface area contributed by atoms with Crippen LogP contribution in [-0.4, -0.2) is 6.29 Å². The maximum absolute atomic E-state index is 10.9. The van der Waals surface area contributed by atoms with Gasteiger partial charge in [0.2, 0.25) is 0 Å². The van der Waals surface area contributed by atoms with E-state index in [0.717, 1.165) is 17.8 Å². The third-order valence-electron chi connectivity index (χ3n) is 4.13. The molecule has 15 heavy (non-hydrogen) atoms. The fourth-order valence-corrected chi connectivity index (χ4v) is 3.08. The van der Waals surface area contributed by atoms with Crippen LogP contribution in [0, 0.1) is 23.2 Å². The van der Waals surface area contributed by atoms with Crippen molar-refractivity contribution in [2.75, 3.05) is 0 Å². The fourth-order valence-electron chi connectivity index (χ4n) is 3.08. The van der Waals surface area contributed by atoms with Crippen molar-refractivity contribution in [1.29, 1.82) is 0 Å². The van der Waals surface area contributed by atoms with Gasteiger partial charge in [-0.25, -0.2) is 0 Å². The maximum atomic E-state index is 10.9. The van der Waals surface area contributed by atoms with Gasteiger partial charge in [-0.2, -0.15) is 0 Å². The molecule has 0 spiro atoms. The zero-order valence-corrected chi connectivity index (χ0v) is 9.70.